The minimum atomic E-state index is -0.288. The highest BCUT2D eigenvalue weighted by Gasteiger charge is 2.14. The normalized spacial score (nSPS) is 12.3. The van der Waals surface area contributed by atoms with Crippen LogP contribution in [0, 0.1) is 0 Å². The van der Waals surface area contributed by atoms with Gasteiger partial charge < -0.3 is 21.2 Å². The number of aromatic nitrogens is 2. The predicted molar refractivity (Wildman–Crippen MR) is 78.2 cm³/mol. The zero-order valence-electron chi connectivity index (χ0n) is 11.5. The Morgan fingerprint density at radius 1 is 1.15 bits per heavy atom. The molecule has 1 aromatic heterocycles. The highest BCUT2D eigenvalue weighted by atomic mass is 16.4. The van der Waals surface area contributed by atoms with Crippen LogP contribution in [-0.4, -0.2) is 23.3 Å². The predicted octanol–water partition coefficient (Wildman–Crippen LogP) is 1.46. The Labute approximate surface area is 118 Å². The molecule has 2 rings (SSSR count). The van der Waals surface area contributed by atoms with Crippen molar-refractivity contribution in [2.24, 2.45) is 11.5 Å². The number of hydrogen-bond acceptors (Lipinski definition) is 6. The third-order valence-corrected chi connectivity index (χ3v) is 2.96. The van der Waals surface area contributed by atoms with Gasteiger partial charge in [-0.3, -0.25) is 0 Å². The Morgan fingerprint density at radius 2 is 1.95 bits per heavy atom. The van der Waals surface area contributed by atoms with Gasteiger partial charge in [-0.25, -0.2) is 0 Å². The summed E-state index contributed by atoms with van der Waals surface area (Å²) in [5.41, 5.74) is 12.7. The summed E-state index contributed by atoms with van der Waals surface area (Å²) in [6.07, 6.45) is 2.63. The highest BCUT2D eigenvalue weighted by molar-refractivity contribution is 5.19. The standard InChI is InChI=1S/C14H21N5O/c15-8-4-5-9-17-14-19-18-13(20-14)12(16)10-11-6-2-1-3-7-11/h1-3,6-7,12H,4-5,8-10,15-16H2,(H,17,19)/t12-/m1/s1. The van der Waals surface area contributed by atoms with Crippen LogP contribution in [-0.2, 0) is 6.42 Å². The number of nitrogens with zero attached hydrogens (tertiary/aromatic N) is 2. The first-order valence-corrected chi connectivity index (χ1v) is 6.86. The van der Waals surface area contributed by atoms with E-state index in [0.29, 0.717) is 24.9 Å². The first-order chi connectivity index (χ1) is 9.79. The fourth-order valence-corrected chi connectivity index (χ4v) is 1.88. The van der Waals surface area contributed by atoms with Gasteiger partial charge in [0.15, 0.2) is 0 Å². The molecule has 2 aromatic rings. The van der Waals surface area contributed by atoms with Crippen LogP contribution < -0.4 is 16.8 Å². The third kappa shape index (κ3) is 4.32. The van der Waals surface area contributed by atoms with Crippen LogP contribution >= 0.6 is 0 Å². The molecule has 0 radical (unpaired) electrons. The number of anilines is 1. The largest absolute Gasteiger partial charge is 0.406 e. The minimum absolute atomic E-state index is 0.288. The second-order valence-corrected chi connectivity index (χ2v) is 4.66. The van der Waals surface area contributed by atoms with Crippen molar-refractivity contribution in [3.05, 3.63) is 41.8 Å². The second kappa shape index (κ2) is 7.62. The molecular formula is C14H21N5O. The second-order valence-electron chi connectivity index (χ2n) is 4.66. The van der Waals surface area contributed by atoms with Crippen molar-refractivity contribution in [2.75, 3.05) is 18.4 Å². The van der Waals surface area contributed by atoms with E-state index in [1.54, 1.807) is 0 Å². The maximum Gasteiger partial charge on any atom is 0.315 e. The van der Waals surface area contributed by atoms with Crippen molar-refractivity contribution in [3.63, 3.8) is 0 Å². The van der Waals surface area contributed by atoms with E-state index < -0.39 is 0 Å². The van der Waals surface area contributed by atoms with Crippen molar-refractivity contribution in [1.29, 1.82) is 0 Å². The van der Waals surface area contributed by atoms with Crippen LogP contribution in [0.5, 0.6) is 0 Å². The van der Waals surface area contributed by atoms with Crippen LogP contribution in [0.2, 0.25) is 0 Å². The smallest absolute Gasteiger partial charge is 0.315 e. The summed E-state index contributed by atoms with van der Waals surface area (Å²) in [6, 6.07) is 10.1. The molecule has 0 saturated carbocycles. The van der Waals surface area contributed by atoms with Crippen molar-refractivity contribution in [2.45, 2.75) is 25.3 Å². The van der Waals surface area contributed by atoms with Gasteiger partial charge in [0.2, 0.25) is 5.89 Å². The van der Waals surface area contributed by atoms with Crippen molar-refractivity contribution >= 4 is 6.01 Å². The Hall–Kier alpha value is -1.92. The van der Waals surface area contributed by atoms with Gasteiger partial charge in [0.1, 0.15) is 0 Å². The number of rotatable bonds is 8. The lowest BCUT2D eigenvalue weighted by Gasteiger charge is -2.06. The van der Waals surface area contributed by atoms with Gasteiger partial charge in [-0.05, 0) is 31.4 Å². The number of unbranched alkanes of at least 4 members (excludes halogenated alkanes) is 1. The number of benzene rings is 1. The van der Waals surface area contributed by atoms with Crippen LogP contribution in [0.4, 0.5) is 6.01 Å². The molecule has 0 saturated heterocycles. The molecule has 0 fully saturated rings. The van der Waals surface area contributed by atoms with E-state index >= 15 is 0 Å². The maximum atomic E-state index is 6.08. The summed E-state index contributed by atoms with van der Waals surface area (Å²) in [4.78, 5) is 0. The van der Waals surface area contributed by atoms with Crippen molar-refractivity contribution in [3.8, 4) is 0 Å². The molecule has 6 heteroatoms. The van der Waals surface area contributed by atoms with Crippen molar-refractivity contribution in [1.82, 2.24) is 10.2 Å². The number of nitrogens with one attached hydrogen (secondary N) is 1. The molecule has 108 valence electrons. The first kappa shape index (κ1) is 14.5. The molecule has 0 aliphatic heterocycles. The van der Waals surface area contributed by atoms with Gasteiger partial charge in [0, 0.05) is 6.54 Å². The molecular weight excluding hydrogens is 254 g/mol. The lowest BCUT2D eigenvalue weighted by atomic mass is 10.1. The minimum Gasteiger partial charge on any atom is -0.406 e. The fraction of sp³-hybridized carbons (Fsp3) is 0.429. The molecule has 6 nitrogen and oxygen atoms in total. The Morgan fingerprint density at radius 3 is 2.70 bits per heavy atom. The summed E-state index contributed by atoms with van der Waals surface area (Å²) in [7, 11) is 0. The molecule has 0 spiro atoms. The zero-order chi connectivity index (χ0) is 14.2. The van der Waals surface area contributed by atoms with Gasteiger partial charge in [0.25, 0.3) is 0 Å². The molecule has 0 bridgehead atoms. The lowest BCUT2D eigenvalue weighted by Crippen LogP contribution is -2.13. The molecule has 1 aromatic carbocycles. The third-order valence-electron chi connectivity index (χ3n) is 2.96. The molecule has 5 N–H and O–H groups in total. The molecule has 1 atom stereocenters. The average molecular weight is 275 g/mol. The van der Waals surface area contributed by atoms with E-state index in [1.807, 2.05) is 30.3 Å². The molecule has 0 aliphatic carbocycles. The first-order valence-electron chi connectivity index (χ1n) is 6.86. The van der Waals surface area contributed by atoms with Gasteiger partial charge >= 0.3 is 6.01 Å². The number of hydrogen-bond donors (Lipinski definition) is 3. The van der Waals surface area contributed by atoms with E-state index in [9.17, 15) is 0 Å². The summed E-state index contributed by atoms with van der Waals surface area (Å²) in [6.45, 7) is 1.46. The summed E-state index contributed by atoms with van der Waals surface area (Å²) < 4.78 is 5.51. The maximum absolute atomic E-state index is 6.08. The topological polar surface area (TPSA) is 103 Å². The molecule has 20 heavy (non-hydrogen) atoms. The van der Waals surface area contributed by atoms with Gasteiger partial charge in [-0.2, -0.15) is 0 Å². The Bertz CT molecular complexity index is 499. The molecule has 0 aliphatic rings. The summed E-state index contributed by atoms with van der Waals surface area (Å²) in [5, 5.41) is 11.0. The van der Waals surface area contributed by atoms with Crippen molar-refractivity contribution < 1.29 is 4.42 Å². The van der Waals surface area contributed by atoms with E-state index in [4.69, 9.17) is 15.9 Å². The molecule has 0 amide bonds. The molecule has 0 unspecified atom stereocenters. The quantitative estimate of drug-likeness (QED) is 0.630. The van der Waals surface area contributed by atoms with E-state index in [2.05, 4.69) is 15.5 Å². The van der Waals surface area contributed by atoms with Crippen LogP contribution in [0.3, 0.4) is 0 Å². The summed E-state index contributed by atoms with van der Waals surface area (Å²) in [5.74, 6) is 0.454. The van der Waals surface area contributed by atoms with Gasteiger partial charge in [0.05, 0.1) is 6.04 Å². The summed E-state index contributed by atoms with van der Waals surface area (Å²) >= 11 is 0. The van der Waals surface area contributed by atoms with Crippen LogP contribution in [0.15, 0.2) is 34.7 Å². The van der Waals surface area contributed by atoms with E-state index in [1.165, 1.54) is 0 Å². The van der Waals surface area contributed by atoms with E-state index in [0.717, 1.165) is 24.9 Å². The SMILES string of the molecule is NCCCCNc1nnc([C@H](N)Cc2ccccc2)o1. The zero-order valence-corrected chi connectivity index (χ0v) is 11.5. The number of nitrogens with two attached hydrogens (primary N) is 2. The Balaban J connectivity index is 1.84. The van der Waals surface area contributed by atoms with Gasteiger partial charge in [-0.1, -0.05) is 35.4 Å². The van der Waals surface area contributed by atoms with Gasteiger partial charge in [-0.15, -0.1) is 5.10 Å². The van der Waals surface area contributed by atoms with Crippen LogP contribution in [0.25, 0.3) is 0 Å². The lowest BCUT2D eigenvalue weighted by molar-refractivity contribution is 0.456. The molecule has 1 heterocycles. The van der Waals surface area contributed by atoms with E-state index in [-0.39, 0.29) is 6.04 Å². The average Bonchev–Trinajstić information content (AvgIpc) is 2.94. The van der Waals surface area contributed by atoms with Crippen LogP contribution in [0.1, 0.15) is 30.3 Å². The monoisotopic (exact) mass is 275 g/mol. The Kier molecular flexibility index (Phi) is 5.52. The highest BCUT2D eigenvalue weighted by Crippen LogP contribution is 2.16. The fourth-order valence-electron chi connectivity index (χ4n) is 1.88.